The number of hydrogen-bond acceptors (Lipinski definition) is 3. The quantitative estimate of drug-likeness (QED) is 0.810. The molecule has 0 spiro atoms. The van der Waals surface area contributed by atoms with Crippen molar-refractivity contribution in [3.63, 3.8) is 0 Å². The molecule has 0 atom stereocenters. The van der Waals surface area contributed by atoms with Crippen molar-refractivity contribution in [3.8, 4) is 0 Å². The normalized spacial score (nSPS) is 14.2. The van der Waals surface area contributed by atoms with Gasteiger partial charge in [0, 0.05) is 30.3 Å². The van der Waals surface area contributed by atoms with Crippen LogP contribution in [0.3, 0.4) is 0 Å². The fourth-order valence-electron chi connectivity index (χ4n) is 2.10. The minimum atomic E-state index is 0.0735. The molecule has 1 aromatic carbocycles. The summed E-state index contributed by atoms with van der Waals surface area (Å²) in [6, 6.07) is 6.21. The zero-order valence-corrected chi connectivity index (χ0v) is 12.8. The monoisotopic (exact) mass is 295 g/mol. The van der Waals surface area contributed by atoms with Gasteiger partial charge in [-0.05, 0) is 37.1 Å². The van der Waals surface area contributed by atoms with Crippen LogP contribution in [-0.2, 0) is 11.3 Å². The third-order valence-corrected chi connectivity index (χ3v) is 3.58. The maximum atomic E-state index is 11.9. The zero-order chi connectivity index (χ0) is 14.5. The molecule has 0 aliphatic heterocycles. The summed E-state index contributed by atoms with van der Waals surface area (Å²) in [4.78, 5) is 13.8. The molecule has 0 heterocycles. The van der Waals surface area contributed by atoms with Crippen molar-refractivity contribution in [1.82, 2.24) is 10.6 Å². The largest absolute Gasteiger partial charge is 0.365 e. The first-order chi connectivity index (χ1) is 9.60. The van der Waals surface area contributed by atoms with Crippen LogP contribution >= 0.6 is 11.6 Å². The van der Waals surface area contributed by atoms with Crippen LogP contribution in [0.2, 0.25) is 5.02 Å². The van der Waals surface area contributed by atoms with Gasteiger partial charge in [0.2, 0.25) is 5.91 Å². The molecule has 0 aromatic heterocycles. The highest BCUT2D eigenvalue weighted by Gasteiger charge is 2.23. The number of rotatable bonds is 7. The van der Waals surface area contributed by atoms with E-state index in [1.54, 1.807) is 0 Å². The average Bonchev–Trinajstić information content (AvgIpc) is 3.20. The zero-order valence-electron chi connectivity index (χ0n) is 12.1. The molecule has 20 heavy (non-hydrogen) atoms. The van der Waals surface area contributed by atoms with Crippen LogP contribution < -0.4 is 15.5 Å². The Kier molecular flexibility index (Phi) is 5.26. The van der Waals surface area contributed by atoms with Crippen LogP contribution in [-0.4, -0.2) is 32.1 Å². The van der Waals surface area contributed by atoms with Gasteiger partial charge in [-0.15, -0.1) is 0 Å². The maximum Gasteiger partial charge on any atom is 0.239 e. The number of carbonyl (C=O) groups excluding carboxylic acids is 1. The van der Waals surface area contributed by atoms with Crippen molar-refractivity contribution in [2.45, 2.75) is 32.4 Å². The molecule has 0 unspecified atom stereocenters. The molecule has 0 radical (unpaired) electrons. The van der Waals surface area contributed by atoms with Gasteiger partial charge in [-0.2, -0.15) is 0 Å². The molecule has 1 aliphatic rings. The topological polar surface area (TPSA) is 44.4 Å². The van der Waals surface area contributed by atoms with E-state index in [2.05, 4.69) is 17.6 Å². The van der Waals surface area contributed by atoms with Crippen LogP contribution in [0.25, 0.3) is 0 Å². The minimum Gasteiger partial charge on any atom is -0.365 e. The van der Waals surface area contributed by atoms with Crippen molar-refractivity contribution >= 4 is 23.2 Å². The Bertz CT molecular complexity index is 474. The van der Waals surface area contributed by atoms with E-state index in [-0.39, 0.29) is 5.91 Å². The van der Waals surface area contributed by atoms with Crippen molar-refractivity contribution in [2.24, 2.45) is 0 Å². The standard InChI is InChI=1S/C15H22ClN3O/c1-3-17-9-11-4-5-12(16)8-14(11)19(2)10-15(20)18-13-6-7-13/h4-5,8,13,17H,3,6-7,9-10H2,1-2H3,(H,18,20). The number of nitrogens with zero attached hydrogens (tertiary/aromatic N) is 1. The van der Waals surface area contributed by atoms with Gasteiger partial charge in [0.15, 0.2) is 0 Å². The molecule has 0 saturated heterocycles. The first-order valence-electron chi connectivity index (χ1n) is 7.09. The average molecular weight is 296 g/mol. The number of hydrogen-bond donors (Lipinski definition) is 2. The van der Waals surface area contributed by atoms with Gasteiger partial charge < -0.3 is 15.5 Å². The van der Waals surface area contributed by atoms with Crippen molar-refractivity contribution in [2.75, 3.05) is 25.0 Å². The van der Waals surface area contributed by atoms with Gasteiger partial charge in [-0.25, -0.2) is 0 Å². The Hall–Kier alpha value is -1.26. The molecule has 1 amide bonds. The molecule has 1 aliphatic carbocycles. The molecule has 0 bridgehead atoms. The van der Waals surface area contributed by atoms with Gasteiger partial charge in [0.25, 0.3) is 0 Å². The van der Waals surface area contributed by atoms with Gasteiger partial charge in [-0.1, -0.05) is 24.6 Å². The molecule has 2 rings (SSSR count). The third kappa shape index (κ3) is 4.39. The molecule has 1 fully saturated rings. The van der Waals surface area contributed by atoms with Crippen LogP contribution in [0.4, 0.5) is 5.69 Å². The number of halogens is 1. The summed E-state index contributed by atoms with van der Waals surface area (Å²) in [5.41, 5.74) is 2.15. The lowest BCUT2D eigenvalue weighted by molar-refractivity contribution is -0.119. The highest BCUT2D eigenvalue weighted by atomic mass is 35.5. The number of nitrogens with one attached hydrogen (secondary N) is 2. The number of benzene rings is 1. The predicted octanol–water partition coefficient (Wildman–Crippen LogP) is 2.16. The van der Waals surface area contributed by atoms with Crippen LogP contribution in [0, 0.1) is 0 Å². The Morgan fingerprint density at radius 2 is 2.20 bits per heavy atom. The first-order valence-corrected chi connectivity index (χ1v) is 7.47. The highest BCUT2D eigenvalue weighted by Crippen LogP contribution is 2.24. The Morgan fingerprint density at radius 3 is 2.85 bits per heavy atom. The number of anilines is 1. The van der Waals surface area contributed by atoms with Gasteiger partial charge in [-0.3, -0.25) is 4.79 Å². The predicted molar refractivity (Wildman–Crippen MR) is 83.3 cm³/mol. The third-order valence-electron chi connectivity index (χ3n) is 3.35. The van der Waals surface area contributed by atoms with E-state index in [1.165, 1.54) is 0 Å². The molecular weight excluding hydrogens is 274 g/mol. The molecule has 4 nitrogen and oxygen atoms in total. The van der Waals surface area contributed by atoms with Crippen LogP contribution in [0.1, 0.15) is 25.3 Å². The molecule has 1 saturated carbocycles. The Balaban J connectivity index is 2.03. The summed E-state index contributed by atoms with van der Waals surface area (Å²) < 4.78 is 0. The SMILES string of the molecule is CCNCc1ccc(Cl)cc1N(C)CC(=O)NC1CC1. The number of carbonyl (C=O) groups is 1. The smallest absolute Gasteiger partial charge is 0.239 e. The van der Waals surface area contributed by atoms with Crippen LogP contribution in [0.15, 0.2) is 18.2 Å². The van der Waals surface area contributed by atoms with Gasteiger partial charge in [0.1, 0.15) is 0 Å². The lowest BCUT2D eigenvalue weighted by atomic mass is 10.1. The van der Waals surface area contributed by atoms with Crippen molar-refractivity contribution < 1.29 is 4.79 Å². The van der Waals surface area contributed by atoms with E-state index >= 15 is 0 Å². The van der Waals surface area contributed by atoms with Crippen molar-refractivity contribution in [3.05, 3.63) is 28.8 Å². The molecular formula is C15H22ClN3O. The first kappa shape index (κ1) is 15.1. The molecule has 2 N–H and O–H groups in total. The van der Waals surface area contributed by atoms with E-state index in [9.17, 15) is 4.79 Å². The van der Waals surface area contributed by atoms with E-state index in [1.807, 2.05) is 30.1 Å². The summed E-state index contributed by atoms with van der Waals surface area (Å²) in [5, 5.41) is 7.00. The fraction of sp³-hybridized carbons (Fsp3) is 0.533. The molecule has 110 valence electrons. The van der Waals surface area contributed by atoms with E-state index in [4.69, 9.17) is 11.6 Å². The summed E-state index contributed by atoms with van der Waals surface area (Å²) in [6.45, 7) is 4.11. The second-order valence-electron chi connectivity index (χ2n) is 5.25. The Labute approximate surface area is 125 Å². The van der Waals surface area contributed by atoms with Crippen LogP contribution in [0.5, 0.6) is 0 Å². The maximum absolute atomic E-state index is 11.9. The van der Waals surface area contributed by atoms with E-state index in [0.29, 0.717) is 17.6 Å². The summed E-state index contributed by atoms with van der Waals surface area (Å²) in [7, 11) is 1.92. The summed E-state index contributed by atoms with van der Waals surface area (Å²) in [5.74, 6) is 0.0735. The second kappa shape index (κ2) is 6.95. The fourth-order valence-corrected chi connectivity index (χ4v) is 2.27. The van der Waals surface area contributed by atoms with Gasteiger partial charge in [0.05, 0.1) is 6.54 Å². The minimum absolute atomic E-state index is 0.0735. The highest BCUT2D eigenvalue weighted by molar-refractivity contribution is 6.30. The van der Waals surface area contributed by atoms with Gasteiger partial charge >= 0.3 is 0 Å². The molecule has 5 heteroatoms. The van der Waals surface area contributed by atoms with E-state index < -0.39 is 0 Å². The number of likely N-dealkylation sites (N-methyl/N-ethyl adjacent to an activating group) is 1. The lowest BCUT2D eigenvalue weighted by Gasteiger charge is -2.22. The summed E-state index contributed by atoms with van der Waals surface area (Å²) >= 11 is 6.08. The molecule has 1 aromatic rings. The summed E-state index contributed by atoms with van der Waals surface area (Å²) in [6.07, 6.45) is 2.22. The Morgan fingerprint density at radius 1 is 1.45 bits per heavy atom. The van der Waals surface area contributed by atoms with Crippen molar-refractivity contribution in [1.29, 1.82) is 0 Å². The van der Waals surface area contributed by atoms with E-state index in [0.717, 1.165) is 37.2 Å². The lowest BCUT2D eigenvalue weighted by Crippen LogP contribution is -2.36. The number of amides is 1. The second-order valence-corrected chi connectivity index (χ2v) is 5.69.